The molecule has 18 aromatic carbocycles. The summed E-state index contributed by atoms with van der Waals surface area (Å²) in [5.41, 5.74) is 30.1. The predicted octanol–water partition coefficient (Wildman–Crippen LogP) is 18.4. The molecule has 0 atom stereocenters. The Balaban J connectivity index is 0.000000102. The number of rotatable bonds is 6. The first kappa shape index (κ1) is 84.4. The third-order valence-corrected chi connectivity index (χ3v) is 24.2. The maximum atomic E-state index is 11.8. The third-order valence-electron chi connectivity index (χ3n) is 22.6. The van der Waals surface area contributed by atoms with Crippen molar-refractivity contribution in [3.8, 4) is 12.1 Å². The summed E-state index contributed by atoms with van der Waals surface area (Å²) in [6, 6.07) is 93.1. The highest BCUT2D eigenvalue weighted by molar-refractivity contribution is 9.11. The van der Waals surface area contributed by atoms with Crippen molar-refractivity contribution in [3.05, 3.63) is 334 Å². The van der Waals surface area contributed by atoms with E-state index in [1.165, 1.54) is 0 Å². The van der Waals surface area contributed by atoms with E-state index in [9.17, 15) is 60.0 Å². The molecule has 0 bridgehead atoms. The molecule has 0 spiro atoms. The first-order valence-electron chi connectivity index (χ1n) is 40.7. The van der Waals surface area contributed by atoms with E-state index < -0.39 is 26.2 Å². The molecule has 10 N–H and O–H groups in total. The van der Waals surface area contributed by atoms with Crippen LogP contribution in [0.1, 0.15) is 52.6 Å². The van der Waals surface area contributed by atoms with Gasteiger partial charge in [0.2, 0.25) is 0 Å². The maximum Gasteiger partial charge on any atom is 0.491 e. The fourth-order valence-electron chi connectivity index (χ4n) is 16.6. The summed E-state index contributed by atoms with van der Waals surface area (Å²) in [6.07, 6.45) is 1.56. The number of carboxylic acid groups (broad SMARTS) is 2. The van der Waals surface area contributed by atoms with Crippen LogP contribution >= 0.6 is 31.9 Å². The van der Waals surface area contributed by atoms with Crippen LogP contribution in [0.2, 0.25) is 0 Å². The minimum atomic E-state index is -1.77. The van der Waals surface area contributed by atoms with Crippen molar-refractivity contribution in [2.45, 2.75) is 0 Å². The number of aromatic nitrogens is 12. The van der Waals surface area contributed by atoms with Crippen molar-refractivity contribution in [2.24, 2.45) is 0 Å². The van der Waals surface area contributed by atoms with Gasteiger partial charge >= 0.3 is 26.2 Å². The van der Waals surface area contributed by atoms with E-state index in [1.54, 1.807) is 97.1 Å². The van der Waals surface area contributed by atoms with Crippen molar-refractivity contribution in [3.63, 3.8) is 0 Å². The summed E-state index contributed by atoms with van der Waals surface area (Å²) in [7, 11) is -3.53. The Bertz CT molecular complexity index is 8480. The van der Waals surface area contributed by atoms with Crippen molar-refractivity contribution in [1.29, 1.82) is 10.5 Å². The zero-order valence-corrected chi connectivity index (χ0v) is 71.7. The Morgan fingerprint density at radius 2 is 0.470 bits per heavy atom. The van der Waals surface area contributed by atoms with Crippen LogP contribution in [0.3, 0.4) is 0 Å². The molecule has 0 saturated heterocycles. The lowest BCUT2D eigenvalue weighted by molar-refractivity contribution is 0.0687. The average Bonchev–Trinajstić information content (AvgIpc) is 0.750. The second-order valence-electron chi connectivity index (χ2n) is 30.2. The summed E-state index contributed by atoms with van der Waals surface area (Å²) >= 11 is 7.36. The molecule has 0 radical (unpaired) electrons. The second kappa shape index (κ2) is 35.3. The van der Waals surface area contributed by atoms with E-state index in [0.717, 1.165) is 97.7 Å². The van der Waals surface area contributed by atoms with Gasteiger partial charge in [-0.15, -0.1) is 0 Å². The minimum Gasteiger partial charge on any atom is -0.478 e. The fourth-order valence-corrected chi connectivity index (χ4v) is 17.9. The third kappa shape index (κ3) is 15.0. The molecule has 6 aromatic heterocycles. The van der Waals surface area contributed by atoms with Crippen LogP contribution in [-0.2, 0) is 0 Å². The lowest BCUT2D eigenvalue weighted by atomic mass is 9.69. The summed E-state index contributed by atoms with van der Waals surface area (Å²) in [5.74, 6) is -2.34. The van der Waals surface area contributed by atoms with E-state index in [4.69, 9.17) is 21.4 Å². The maximum absolute atomic E-state index is 11.8. The molecule has 132 heavy (non-hydrogen) atoms. The summed E-state index contributed by atoms with van der Waals surface area (Å²) in [5, 5.41) is 86.7. The zero-order valence-electron chi connectivity index (χ0n) is 68.5. The van der Waals surface area contributed by atoms with Gasteiger partial charge in [-0.3, -0.25) is 9.59 Å². The summed E-state index contributed by atoms with van der Waals surface area (Å²) in [4.78, 5) is 102. The van der Waals surface area contributed by atoms with Gasteiger partial charge in [0.15, 0.2) is 12.6 Å². The number of nitrogen functional groups attached to an aromatic ring is 2. The average molecular weight is 1850 g/mol. The van der Waals surface area contributed by atoms with E-state index in [2.05, 4.69) is 106 Å². The monoisotopic (exact) mass is 1850 g/mol. The van der Waals surface area contributed by atoms with E-state index >= 15 is 0 Å². The Kier molecular flexibility index (Phi) is 22.6. The van der Waals surface area contributed by atoms with Crippen LogP contribution in [0.15, 0.2) is 300 Å². The Morgan fingerprint density at radius 3 is 0.727 bits per heavy atom. The topological polar surface area (TPSA) is 444 Å². The molecule has 0 aliphatic rings. The number of benzene rings is 18. The highest BCUT2D eigenvalue weighted by Crippen LogP contribution is 2.41. The molecule has 0 amide bonds. The number of halogens is 2. The zero-order chi connectivity index (χ0) is 91.3. The molecule has 0 aliphatic heterocycles. The SMILES string of the molecule is Brc1c2ccccc2c(Br)c2nc3ccccc3nc12.N#Cc1c2ccccc2c(C#N)c2nc3ccccc3nc12.Nc1c2ccccc2c(N)c2nc3ccccc3nc12.O=C(O)c1c2ccccc2c(C(=O)O)c2nc3ccccc3nc12.O=Cc1c2ccccc2c(C=O)c2nc3ccccc3nc12.OB(O)c1c2ccccc2c(B(O)O)c2nc3ccccc3nc12. The largest absolute Gasteiger partial charge is 0.491 e. The smallest absolute Gasteiger partial charge is 0.478 e. The van der Waals surface area contributed by atoms with Crippen LogP contribution in [-0.4, -0.2) is 129 Å². The number of aromatic carboxylic acids is 2. The summed E-state index contributed by atoms with van der Waals surface area (Å²) in [6.45, 7) is 0. The molecule has 0 fully saturated rings. The molecular weight excluding hydrogens is 1790 g/mol. The number of nitrogens with zero attached hydrogens (tertiary/aromatic N) is 14. The molecule has 30 heteroatoms. The van der Waals surface area contributed by atoms with Gasteiger partial charge in [0.1, 0.15) is 67.3 Å². The Hall–Kier alpha value is -17.1. The number of aldehydes is 2. The van der Waals surface area contributed by atoms with Crippen LogP contribution in [0, 0.1) is 22.7 Å². The molecule has 628 valence electrons. The second-order valence-corrected chi connectivity index (χ2v) is 31.7. The van der Waals surface area contributed by atoms with Crippen molar-refractivity contribution in [1.82, 2.24) is 59.8 Å². The molecule has 0 unspecified atom stereocenters. The van der Waals surface area contributed by atoms with Crippen molar-refractivity contribution >= 4 is 290 Å². The summed E-state index contributed by atoms with van der Waals surface area (Å²) < 4.78 is 1.98. The highest BCUT2D eigenvalue weighted by atomic mass is 79.9. The Labute approximate surface area is 761 Å². The van der Waals surface area contributed by atoms with Crippen LogP contribution in [0.25, 0.3) is 197 Å². The normalized spacial score (nSPS) is 11.2. The number of para-hydroxylation sites is 12. The molecular formula is C102H60B2Br2N16O10. The number of nitriles is 2. The molecule has 24 aromatic rings. The van der Waals surface area contributed by atoms with Gasteiger partial charge < -0.3 is 41.8 Å². The van der Waals surface area contributed by atoms with E-state index in [1.807, 2.05) is 182 Å². The number of carbonyl (C=O) groups excluding carboxylic acids is 2. The number of hydrogen-bond donors (Lipinski definition) is 8. The number of hydrogen-bond acceptors (Lipinski definition) is 24. The van der Waals surface area contributed by atoms with Crippen molar-refractivity contribution in [2.75, 3.05) is 11.5 Å². The van der Waals surface area contributed by atoms with E-state index in [-0.39, 0.29) is 44.1 Å². The van der Waals surface area contributed by atoms with Gasteiger partial charge in [-0.1, -0.05) is 218 Å². The van der Waals surface area contributed by atoms with Crippen LogP contribution in [0.5, 0.6) is 0 Å². The highest BCUT2D eigenvalue weighted by Gasteiger charge is 2.30. The van der Waals surface area contributed by atoms with Crippen LogP contribution < -0.4 is 22.4 Å². The first-order chi connectivity index (χ1) is 64.3. The van der Waals surface area contributed by atoms with Crippen LogP contribution in [0.4, 0.5) is 11.4 Å². The number of carbonyl (C=O) groups is 4. The number of fused-ring (bicyclic) bond motifs is 18. The van der Waals surface area contributed by atoms with Gasteiger partial charge in [0.05, 0.1) is 131 Å². The standard InChI is InChI=1S/C18H8N4.C18H10N2O4.C18H10N2O2.C16H12B2N2O4.C16H8Br2N2.C16H12N4/c19-9-13-11-5-1-2-6-12(11)14(10-20)18-17(13)21-15-7-3-4-8-16(15)22-18;21-17(22)13-9-5-1-2-6-10(9)14(18(23)24)16-15(13)19-11-7-3-4-8-12(11)20-16;21-9-13-11-5-1-2-6-12(11)14(10-22)18-17(13)19-15-7-3-4-8-16(15)20-18;21-17(22)13-9-5-1-2-6-10(9)14(18(23)24)16-15(13)19-11-7-3-4-8-12(11)20-16;2*17-13-9-5-1-2-6-10(9)14(18)16-15(13)19-11-7-3-4-8-12(11)20-16/h1-8H;1-8H,(H,21,22)(H,23,24);1-10H;1-8,21-24H;1-8H;1-8H,17-18H2. The predicted molar refractivity (Wildman–Crippen MR) is 525 cm³/mol. The lowest BCUT2D eigenvalue weighted by Crippen LogP contribution is -2.38. The van der Waals surface area contributed by atoms with Gasteiger partial charge in [-0.05, 0) is 148 Å². The fraction of sp³-hybridized carbons (Fsp3) is 0. The van der Waals surface area contributed by atoms with Gasteiger partial charge in [-0.25, -0.2) is 69.4 Å². The quantitative estimate of drug-likeness (QED) is 0.0252. The van der Waals surface area contributed by atoms with Gasteiger partial charge in [0.25, 0.3) is 0 Å². The van der Waals surface area contributed by atoms with Gasteiger partial charge in [-0.2, -0.15) is 10.5 Å². The van der Waals surface area contributed by atoms with Crippen molar-refractivity contribution < 1.29 is 49.5 Å². The molecule has 0 aliphatic carbocycles. The molecule has 26 nitrogen and oxygen atoms in total. The number of nitrogens with two attached hydrogens (primary N) is 2. The molecule has 0 saturated carbocycles. The van der Waals surface area contributed by atoms with E-state index in [0.29, 0.717) is 132 Å². The number of carboxylic acids is 2. The molecule has 24 rings (SSSR count). The lowest BCUT2D eigenvalue weighted by Gasteiger charge is -2.15. The Morgan fingerprint density at radius 1 is 0.265 bits per heavy atom. The minimum absolute atomic E-state index is 0.0381. The molecule has 6 heterocycles. The first-order valence-corrected chi connectivity index (χ1v) is 42.3. The number of anilines is 2. The van der Waals surface area contributed by atoms with Gasteiger partial charge in [0, 0.05) is 32.5 Å².